The Labute approximate surface area is 104 Å². The van der Waals surface area contributed by atoms with Gasteiger partial charge in [-0.25, -0.2) is 9.98 Å². The summed E-state index contributed by atoms with van der Waals surface area (Å²) >= 11 is 11.8. The van der Waals surface area contributed by atoms with Crippen LogP contribution in [0.25, 0.3) is 0 Å². The van der Waals surface area contributed by atoms with Gasteiger partial charge in [-0.3, -0.25) is 0 Å². The highest BCUT2D eigenvalue weighted by molar-refractivity contribution is 7.00. The monoisotopic (exact) mass is 250 g/mol. The number of aliphatic imine (C=N–C) groups is 2. The van der Waals surface area contributed by atoms with Crippen molar-refractivity contribution < 1.29 is 0 Å². The van der Waals surface area contributed by atoms with E-state index < -0.39 is 0 Å². The molecule has 0 saturated carbocycles. The van der Waals surface area contributed by atoms with E-state index in [-0.39, 0.29) is 10.3 Å². The van der Waals surface area contributed by atoms with Crippen molar-refractivity contribution in [3.05, 3.63) is 48.5 Å². The van der Waals surface area contributed by atoms with Gasteiger partial charge in [0.15, 0.2) is 10.3 Å². The Morgan fingerprint density at radius 3 is 1.50 bits per heavy atom. The third kappa shape index (κ3) is 2.81. The Morgan fingerprint density at radius 1 is 0.625 bits per heavy atom. The van der Waals surface area contributed by atoms with Crippen molar-refractivity contribution in [1.82, 2.24) is 0 Å². The lowest BCUT2D eigenvalue weighted by Crippen LogP contribution is -1.98. The molecule has 16 heavy (non-hydrogen) atoms. The summed E-state index contributed by atoms with van der Waals surface area (Å²) in [6, 6.07) is 15.0. The first-order valence-electron chi connectivity index (χ1n) is 4.68. The molecule has 1 aliphatic rings. The molecule has 1 heterocycles. The van der Waals surface area contributed by atoms with Crippen molar-refractivity contribution in [1.29, 1.82) is 0 Å². The molecule has 1 aromatic carbocycles. The second kappa shape index (κ2) is 5.10. The smallest absolute Gasteiger partial charge is 0.166 e. The van der Waals surface area contributed by atoms with Gasteiger partial charge in [-0.05, 0) is 24.3 Å². The van der Waals surface area contributed by atoms with Gasteiger partial charge in [-0.1, -0.05) is 47.5 Å². The Kier molecular flexibility index (Phi) is 3.54. The minimum absolute atomic E-state index is 0.195. The summed E-state index contributed by atoms with van der Waals surface area (Å²) in [5.41, 5.74) is 1.46. The molecule has 0 saturated heterocycles. The van der Waals surface area contributed by atoms with Gasteiger partial charge in [0.1, 0.15) is 0 Å². The lowest BCUT2D eigenvalue weighted by Gasteiger charge is -1.99. The third-order valence-electron chi connectivity index (χ3n) is 1.92. The maximum absolute atomic E-state index is 5.90. The molecule has 0 aromatic heterocycles. The van der Waals surface area contributed by atoms with Crippen LogP contribution in [-0.2, 0) is 0 Å². The molecule has 0 atom stereocenters. The van der Waals surface area contributed by atoms with Crippen molar-refractivity contribution >= 4 is 44.9 Å². The summed E-state index contributed by atoms with van der Waals surface area (Å²) in [7, 11) is 0. The minimum atomic E-state index is 0.195. The van der Waals surface area contributed by atoms with Crippen LogP contribution in [0.15, 0.2) is 58.5 Å². The highest BCUT2D eigenvalue weighted by Crippen LogP contribution is 2.19. The minimum Gasteiger partial charge on any atom is -0.233 e. The third-order valence-corrected chi connectivity index (χ3v) is 2.54. The van der Waals surface area contributed by atoms with Crippen LogP contribution in [0.2, 0.25) is 0 Å². The van der Waals surface area contributed by atoms with Crippen LogP contribution in [0.4, 0.5) is 11.4 Å². The topological polar surface area (TPSA) is 24.7 Å². The first kappa shape index (κ1) is 11.1. The second-order valence-corrected chi connectivity index (χ2v) is 3.81. The Morgan fingerprint density at radius 2 is 1.06 bits per heavy atom. The van der Waals surface area contributed by atoms with E-state index in [2.05, 4.69) is 9.98 Å². The van der Waals surface area contributed by atoms with Crippen molar-refractivity contribution in [2.24, 2.45) is 9.98 Å². The van der Waals surface area contributed by atoms with Gasteiger partial charge < -0.3 is 0 Å². The summed E-state index contributed by atoms with van der Waals surface area (Å²) in [5, 5.41) is 0.391. The number of nitrogens with zero attached hydrogens (tertiary/aromatic N) is 2. The molecule has 80 valence electrons. The zero-order valence-electron chi connectivity index (χ0n) is 8.27. The van der Waals surface area contributed by atoms with Crippen LogP contribution in [0.1, 0.15) is 0 Å². The van der Waals surface area contributed by atoms with Gasteiger partial charge in [0, 0.05) is 0 Å². The molecule has 0 radical (unpaired) electrons. The highest BCUT2D eigenvalue weighted by Gasteiger charge is 2.04. The number of hydrogen-bond acceptors (Lipinski definition) is 2. The van der Waals surface area contributed by atoms with Crippen molar-refractivity contribution in [3.8, 4) is 0 Å². The Balaban J connectivity index is 2.73. The van der Waals surface area contributed by atoms with Gasteiger partial charge in [-0.15, -0.1) is 0 Å². The van der Waals surface area contributed by atoms with Crippen molar-refractivity contribution in [3.63, 3.8) is 0 Å². The Hall–Kier alpha value is -1.38. The van der Waals surface area contributed by atoms with Gasteiger partial charge in [-0.2, -0.15) is 0 Å². The second-order valence-electron chi connectivity index (χ2n) is 3.09. The zero-order valence-corrected chi connectivity index (χ0v) is 9.78. The van der Waals surface area contributed by atoms with Crippen LogP contribution in [0.5, 0.6) is 0 Å². The summed E-state index contributed by atoms with van der Waals surface area (Å²) in [6.45, 7) is 0. The van der Waals surface area contributed by atoms with E-state index in [0.29, 0.717) is 0 Å². The fraction of sp³-hybridized carbons (Fsp3) is 0. The average molecular weight is 251 g/mol. The molecule has 0 fully saturated rings. The number of fused-ring (bicyclic) bond motifs is 3. The van der Waals surface area contributed by atoms with Gasteiger partial charge in [0.2, 0.25) is 0 Å². The van der Waals surface area contributed by atoms with Gasteiger partial charge >= 0.3 is 0 Å². The van der Waals surface area contributed by atoms with Crippen LogP contribution >= 0.6 is 23.2 Å². The first-order valence-corrected chi connectivity index (χ1v) is 5.43. The predicted molar refractivity (Wildman–Crippen MR) is 70.0 cm³/mol. The number of halogens is 2. The predicted octanol–water partition coefficient (Wildman–Crippen LogP) is 4.36. The molecule has 0 N–H and O–H groups in total. The lowest BCUT2D eigenvalue weighted by atomic mass is 10.3. The molecule has 0 amide bonds. The molecule has 4 heteroatoms. The van der Waals surface area contributed by atoms with E-state index in [0.717, 1.165) is 11.4 Å². The summed E-state index contributed by atoms with van der Waals surface area (Å²) in [6.07, 6.45) is 0. The van der Waals surface area contributed by atoms with Crippen LogP contribution in [0, 0.1) is 0 Å². The normalized spacial score (nSPS) is 19.6. The molecular weight excluding hydrogens is 243 g/mol. The first-order chi connectivity index (χ1) is 7.75. The van der Waals surface area contributed by atoms with E-state index in [1.807, 2.05) is 48.5 Å². The molecular formula is C12H8Cl2N2. The van der Waals surface area contributed by atoms with E-state index in [4.69, 9.17) is 23.2 Å². The fourth-order valence-corrected chi connectivity index (χ4v) is 1.47. The Bertz CT molecular complexity index is 473. The zero-order chi connectivity index (χ0) is 11.4. The summed E-state index contributed by atoms with van der Waals surface area (Å²) in [4.78, 5) is 8.28. The molecule has 1 aliphatic heterocycles. The number of hydrogen-bond donors (Lipinski definition) is 0. The lowest BCUT2D eigenvalue weighted by molar-refractivity contribution is 1.50. The maximum Gasteiger partial charge on any atom is 0.166 e. The highest BCUT2D eigenvalue weighted by atomic mass is 35.5. The molecule has 2 bridgehead atoms. The molecule has 0 spiro atoms. The number of rotatable bonds is 0. The largest absolute Gasteiger partial charge is 0.233 e. The average Bonchev–Trinajstić information content (AvgIpc) is 2.27. The van der Waals surface area contributed by atoms with Crippen molar-refractivity contribution in [2.45, 2.75) is 0 Å². The molecule has 1 aromatic rings. The fourth-order valence-electron chi connectivity index (χ4n) is 1.19. The summed E-state index contributed by atoms with van der Waals surface area (Å²) < 4.78 is 0. The molecule has 2 nitrogen and oxygen atoms in total. The van der Waals surface area contributed by atoms with Crippen LogP contribution < -0.4 is 0 Å². The van der Waals surface area contributed by atoms with Gasteiger partial charge in [0.05, 0.1) is 11.4 Å². The molecule has 0 unspecified atom stereocenters. The van der Waals surface area contributed by atoms with E-state index >= 15 is 0 Å². The van der Waals surface area contributed by atoms with Crippen molar-refractivity contribution in [2.75, 3.05) is 0 Å². The maximum atomic E-state index is 5.90. The molecule has 2 rings (SSSR count). The van der Waals surface area contributed by atoms with Gasteiger partial charge in [0.25, 0.3) is 0 Å². The molecule has 0 aliphatic carbocycles. The van der Waals surface area contributed by atoms with E-state index in [1.165, 1.54) is 0 Å². The van der Waals surface area contributed by atoms with E-state index in [9.17, 15) is 0 Å². The SMILES string of the molecule is ClC1=N/c2ccccccc(cc2)/N=C\1Cl. The van der Waals surface area contributed by atoms with Crippen LogP contribution in [0.3, 0.4) is 0 Å². The van der Waals surface area contributed by atoms with Crippen LogP contribution in [-0.4, -0.2) is 10.3 Å². The standard InChI is InChI=1S/C12H8Cl2N2/c13-11-12(14)16-10-6-4-2-1-3-5-9(15-11)7-8-10/h1-8H/b2-1?,3-1?,4-2?,5-3?,6-4?,8-7?,9-5?,9-7?,10-6?,10-8?,12-11?,15-9?,15-11+,16-10?,16-12+. The summed E-state index contributed by atoms with van der Waals surface area (Å²) in [5.74, 6) is 0. The van der Waals surface area contributed by atoms with E-state index in [1.54, 1.807) is 0 Å². The quantitative estimate of drug-likeness (QED) is 0.654.